The average molecular weight is 977 g/mol. The maximum atomic E-state index is 2.42. The standard InChI is InChI=1S/C74H60N2/c1-49-19-25-55(26-20-49)57-35-39-65(40-36-57)75(67-15-7-11-51(3)43-67)69-17-9-13-61(45-69)63-33-31-59-29-23-53(5)73(71(59)47-63)74-54(6)24-30-60-32-34-64(48-72(60)74)62-14-10-18-70(46-62)76(68-16-8-12-52(4)44-68)66-41-37-58(38-42-66)56-27-21-50(2)22-28-56/h7-48H,1-6H3. The van der Waals surface area contributed by atoms with Gasteiger partial charge in [-0.2, -0.15) is 0 Å². The fourth-order valence-electron chi connectivity index (χ4n) is 11.1. The minimum absolute atomic E-state index is 1.11. The first-order valence-corrected chi connectivity index (χ1v) is 26.5. The van der Waals surface area contributed by atoms with Crippen LogP contribution in [0.4, 0.5) is 34.1 Å². The van der Waals surface area contributed by atoms with Crippen molar-refractivity contribution >= 4 is 55.7 Å². The van der Waals surface area contributed by atoms with Crippen molar-refractivity contribution in [2.75, 3.05) is 9.80 Å². The van der Waals surface area contributed by atoms with Gasteiger partial charge in [0.15, 0.2) is 0 Å². The fourth-order valence-corrected chi connectivity index (χ4v) is 11.1. The average Bonchev–Trinajstić information content (AvgIpc) is 3.45. The Morgan fingerprint density at radius 2 is 0.513 bits per heavy atom. The van der Waals surface area contributed by atoms with Crippen LogP contribution in [0.5, 0.6) is 0 Å². The predicted octanol–water partition coefficient (Wildman–Crippen LogP) is 21.1. The molecule has 0 fully saturated rings. The van der Waals surface area contributed by atoms with E-state index < -0.39 is 0 Å². The molecule has 0 heterocycles. The monoisotopic (exact) mass is 976 g/mol. The summed E-state index contributed by atoms with van der Waals surface area (Å²) in [6.07, 6.45) is 0. The molecule has 0 radical (unpaired) electrons. The Balaban J connectivity index is 0.929. The molecule has 0 amide bonds. The van der Waals surface area contributed by atoms with Crippen molar-refractivity contribution in [1.29, 1.82) is 0 Å². The van der Waals surface area contributed by atoms with Crippen molar-refractivity contribution in [3.63, 3.8) is 0 Å². The Morgan fingerprint density at radius 3 is 0.882 bits per heavy atom. The molecule has 366 valence electrons. The Kier molecular flexibility index (Phi) is 12.7. The van der Waals surface area contributed by atoms with Crippen LogP contribution in [-0.4, -0.2) is 0 Å². The van der Waals surface area contributed by atoms with Crippen molar-refractivity contribution in [1.82, 2.24) is 0 Å². The summed E-state index contributed by atoms with van der Waals surface area (Å²) in [6, 6.07) is 94.3. The number of anilines is 6. The molecule has 2 heteroatoms. The summed E-state index contributed by atoms with van der Waals surface area (Å²) < 4.78 is 0. The molecule has 0 N–H and O–H groups in total. The van der Waals surface area contributed by atoms with Crippen LogP contribution < -0.4 is 9.80 Å². The van der Waals surface area contributed by atoms with E-state index in [9.17, 15) is 0 Å². The summed E-state index contributed by atoms with van der Waals surface area (Å²) in [7, 11) is 0. The summed E-state index contributed by atoms with van der Waals surface area (Å²) >= 11 is 0. The minimum atomic E-state index is 1.11. The van der Waals surface area contributed by atoms with Crippen molar-refractivity contribution in [2.24, 2.45) is 0 Å². The van der Waals surface area contributed by atoms with Gasteiger partial charge in [0.2, 0.25) is 0 Å². The van der Waals surface area contributed by atoms with Crippen LogP contribution in [0.3, 0.4) is 0 Å². The molecule has 0 unspecified atom stereocenters. The lowest BCUT2D eigenvalue weighted by Crippen LogP contribution is -2.10. The molecule has 76 heavy (non-hydrogen) atoms. The molecule has 0 bridgehead atoms. The Labute approximate surface area is 448 Å². The van der Waals surface area contributed by atoms with E-state index in [-0.39, 0.29) is 0 Å². The molecular weight excluding hydrogens is 917 g/mol. The molecule has 12 rings (SSSR count). The number of rotatable bonds is 11. The first-order chi connectivity index (χ1) is 37.1. The number of fused-ring (bicyclic) bond motifs is 2. The van der Waals surface area contributed by atoms with Crippen LogP contribution in [0, 0.1) is 41.5 Å². The van der Waals surface area contributed by atoms with Gasteiger partial charge in [0.25, 0.3) is 0 Å². The SMILES string of the molecule is Cc1ccc(-c2ccc(N(c3cccc(C)c3)c3cccc(-c4ccc5ccc(C)c(-c6c(C)ccc7ccc(-c8cccc(N(c9ccc(-c%10ccc(C)cc%10)cc9)c9cccc(C)c9)c8)cc67)c5c4)c3)cc2)cc1. The zero-order valence-electron chi connectivity index (χ0n) is 44.1. The van der Waals surface area contributed by atoms with E-state index in [1.807, 2.05) is 0 Å². The third-order valence-corrected chi connectivity index (χ3v) is 15.1. The van der Waals surface area contributed by atoms with E-state index in [1.54, 1.807) is 0 Å². The predicted molar refractivity (Wildman–Crippen MR) is 326 cm³/mol. The maximum absolute atomic E-state index is 2.42. The van der Waals surface area contributed by atoms with Gasteiger partial charge in [-0.3, -0.25) is 0 Å². The maximum Gasteiger partial charge on any atom is 0.0467 e. The van der Waals surface area contributed by atoms with Crippen molar-refractivity contribution in [3.05, 3.63) is 288 Å². The zero-order chi connectivity index (χ0) is 51.9. The van der Waals surface area contributed by atoms with E-state index in [0.717, 1.165) is 34.1 Å². The summed E-state index contributed by atoms with van der Waals surface area (Å²) in [5, 5.41) is 4.93. The lowest BCUT2D eigenvalue weighted by atomic mass is 9.86. The smallest absolute Gasteiger partial charge is 0.0467 e. The number of hydrogen-bond donors (Lipinski definition) is 0. The molecule has 2 nitrogen and oxygen atoms in total. The molecular formula is C74H60N2. The van der Waals surface area contributed by atoms with Crippen LogP contribution in [0.2, 0.25) is 0 Å². The Hall–Kier alpha value is -9.24. The van der Waals surface area contributed by atoms with Crippen LogP contribution in [0.1, 0.15) is 33.4 Å². The van der Waals surface area contributed by atoms with Gasteiger partial charge in [-0.05, 0) is 226 Å². The van der Waals surface area contributed by atoms with Crippen LogP contribution in [0.15, 0.2) is 255 Å². The number of hydrogen-bond acceptors (Lipinski definition) is 2. The van der Waals surface area contributed by atoms with Gasteiger partial charge in [0, 0.05) is 34.1 Å². The van der Waals surface area contributed by atoms with E-state index >= 15 is 0 Å². The summed E-state index contributed by atoms with van der Waals surface area (Å²) in [5.74, 6) is 0. The second-order valence-electron chi connectivity index (χ2n) is 20.7. The van der Waals surface area contributed by atoms with Gasteiger partial charge < -0.3 is 9.80 Å². The highest BCUT2D eigenvalue weighted by Crippen LogP contribution is 2.44. The Bertz CT molecular complexity index is 3820. The first kappa shape index (κ1) is 47.7. The molecule has 0 spiro atoms. The highest BCUT2D eigenvalue weighted by atomic mass is 15.1. The molecule has 0 aliphatic heterocycles. The molecule has 0 saturated carbocycles. The highest BCUT2D eigenvalue weighted by molar-refractivity contribution is 6.09. The summed E-state index contributed by atoms with van der Waals surface area (Å²) in [4.78, 5) is 4.76. The van der Waals surface area contributed by atoms with Crippen molar-refractivity contribution < 1.29 is 0 Å². The van der Waals surface area contributed by atoms with Gasteiger partial charge in [0.05, 0.1) is 0 Å². The third-order valence-electron chi connectivity index (χ3n) is 15.1. The molecule has 12 aromatic carbocycles. The largest absolute Gasteiger partial charge is 0.310 e. The third kappa shape index (κ3) is 9.47. The molecule has 0 saturated heterocycles. The molecule has 0 aliphatic carbocycles. The van der Waals surface area contributed by atoms with Gasteiger partial charge in [-0.1, -0.05) is 181 Å². The van der Waals surface area contributed by atoms with E-state index in [4.69, 9.17) is 0 Å². The minimum Gasteiger partial charge on any atom is -0.310 e. The quantitative estimate of drug-likeness (QED) is 0.127. The fraction of sp³-hybridized carbons (Fsp3) is 0.0811. The van der Waals surface area contributed by atoms with Crippen molar-refractivity contribution in [3.8, 4) is 55.6 Å². The van der Waals surface area contributed by atoms with E-state index in [1.165, 1.54) is 111 Å². The molecule has 12 aromatic rings. The topological polar surface area (TPSA) is 6.48 Å². The second-order valence-corrected chi connectivity index (χ2v) is 20.7. The van der Waals surface area contributed by atoms with Crippen molar-refractivity contribution in [2.45, 2.75) is 41.5 Å². The van der Waals surface area contributed by atoms with E-state index in [0.29, 0.717) is 0 Å². The molecule has 0 atom stereocenters. The number of benzene rings is 12. The normalized spacial score (nSPS) is 11.3. The molecule has 0 aromatic heterocycles. The van der Waals surface area contributed by atoms with Gasteiger partial charge in [0.1, 0.15) is 0 Å². The number of aryl methyl sites for hydroxylation is 6. The van der Waals surface area contributed by atoms with Crippen LogP contribution in [-0.2, 0) is 0 Å². The highest BCUT2D eigenvalue weighted by Gasteiger charge is 2.19. The summed E-state index contributed by atoms with van der Waals surface area (Å²) in [6.45, 7) is 13.1. The van der Waals surface area contributed by atoms with Crippen LogP contribution >= 0.6 is 0 Å². The summed E-state index contributed by atoms with van der Waals surface area (Å²) in [5.41, 5.74) is 26.2. The zero-order valence-corrected chi connectivity index (χ0v) is 44.1. The molecule has 0 aliphatic rings. The van der Waals surface area contributed by atoms with Gasteiger partial charge >= 0.3 is 0 Å². The van der Waals surface area contributed by atoms with Crippen LogP contribution in [0.25, 0.3) is 77.2 Å². The van der Waals surface area contributed by atoms with Gasteiger partial charge in [-0.25, -0.2) is 0 Å². The lowest BCUT2D eigenvalue weighted by Gasteiger charge is -2.26. The van der Waals surface area contributed by atoms with E-state index in [2.05, 4.69) is 306 Å². The lowest BCUT2D eigenvalue weighted by molar-refractivity contribution is 1.27. The second kappa shape index (κ2) is 20.2. The van der Waals surface area contributed by atoms with Gasteiger partial charge in [-0.15, -0.1) is 0 Å². The first-order valence-electron chi connectivity index (χ1n) is 26.5. The number of nitrogens with zero attached hydrogens (tertiary/aromatic N) is 2. The Morgan fingerprint density at radius 1 is 0.211 bits per heavy atom.